The highest BCUT2D eigenvalue weighted by Gasteiger charge is 2.12. The number of benzene rings is 2. The lowest BCUT2D eigenvalue weighted by atomic mass is 9.93. The summed E-state index contributed by atoms with van der Waals surface area (Å²) >= 11 is 6.04. The second kappa shape index (κ2) is 6.72. The largest absolute Gasteiger partial charge is 0.207 e. The number of alkyl halides is 1. The molecule has 0 amide bonds. The van der Waals surface area contributed by atoms with Crippen molar-refractivity contribution >= 4 is 11.6 Å². The van der Waals surface area contributed by atoms with Crippen LogP contribution in [0.1, 0.15) is 29.5 Å². The van der Waals surface area contributed by atoms with Crippen LogP contribution in [-0.2, 0) is 12.8 Å². The molecule has 0 saturated heterocycles. The van der Waals surface area contributed by atoms with Gasteiger partial charge < -0.3 is 0 Å². The molecule has 0 bridgehead atoms. The molecule has 0 saturated carbocycles. The van der Waals surface area contributed by atoms with E-state index in [1.165, 1.54) is 17.2 Å². The first-order chi connectivity index (χ1) is 9.22. The van der Waals surface area contributed by atoms with Gasteiger partial charge in [-0.15, -0.1) is 11.6 Å². The molecule has 0 aliphatic rings. The number of hydrogen-bond acceptors (Lipinski definition) is 0. The zero-order valence-corrected chi connectivity index (χ0v) is 11.8. The van der Waals surface area contributed by atoms with Crippen molar-refractivity contribution in [3.8, 4) is 0 Å². The molecule has 0 spiro atoms. The van der Waals surface area contributed by atoms with Crippen molar-refractivity contribution in [2.24, 2.45) is 0 Å². The average molecular weight is 277 g/mol. The zero-order chi connectivity index (χ0) is 13.7. The Balaban J connectivity index is 2.14. The molecule has 2 aromatic carbocycles. The maximum Gasteiger partial charge on any atom is 0.123 e. The van der Waals surface area contributed by atoms with Gasteiger partial charge in [-0.25, -0.2) is 4.39 Å². The second-order valence-electron chi connectivity index (χ2n) is 4.78. The van der Waals surface area contributed by atoms with Gasteiger partial charge in [0.2, 0.25) is 0 Å². The van der Waals surface area contributed by atoms with Gasteiger partial charge in [0.25, 0.3) is 0 Å². The Morgan fingerprint density at radius 2 is 1.74 bits per heavy atom. The molecular formula is C17H18ClF. The normalized spacial score (nSPS) is 12.4. The quantitative estimate of drug-likeness (QED) is 0.678. The first kappa shape index (κ1) is 14.1. The average Bonchev–Trinajstić information content (AvgIpc) is 2.45. The van der Waals surface area contributed by atoms with Gasteiger partial charge in [-0.05, 0) is 41.7 Å². The first-order valence-corrected chi connectivity index (χ1v) is 7.15. The number of halogens is 2. The van der Waals surface area contributed by atoms with Crippen molar-refractivity contribution in [2.45, 2.75) is 25.7 Å². The highest BCUT2D eigenvalue weighted by molar-refractivity contribution is 6.18. The van der Waals surface area contributed by atoms with Gasteiger partial charge in [0.05, 0.1) is 0 Å². The monoisotopic (exact) mass is 276 g/mol. The second-order valence-corrected chi connectivity index (χ2v) is 5.09. The fourth-order valence-corrected chi connectivity index (χ4v) is 2.50. The number of aryl methyl sites for hydroxylation is 1. The Hall–Kier alpha value is -1.34. The van der Waals surface area contributed by atoms with E-state index in [4.69, 9.17) is 11.6 Å². The minimum absolute atomic E-state index is 0.157. The molecule has 0 N–H and O–H groups in total. The molecule has 2 heteroatoms. The van der Waals surface area contributed by atoms with Crippen LogP contribution in [0.2, 0.25) is 0 Å². The summed E-state index contributed by atoms with van der Waals surface area (Å²) in [5.74, 6) is 0.456. The Morgan fingerprint density at radius 3 is 2.32 bits per heavy atom. The molecule has 1 unspecified atom stereocenters. The Bertz CT molecular complexity index is 519. The third kappa shape index (κ3) is 3.81. The van der Waals surface area contributed by atoms with E-state index < -0.39 is 0 Å². The van der Waals surface area contributed by atoms with Gasteiger partial charge in [-0.2, -0.15) is 0 Å². The van der Waals surface area contributed by atoms with E-state index in [-0.39, 0.29) is 11.7 Å². The maximum atomic E-state index is 13.3. The Kier molecular flexibility index (Phi) is 4.98. The van der Waals surface area contributed by atoms with E-state index in [1.807, 2.05) is 6.07 Å². The van der Waals surface area contributed by atoms with Crippen molar-refractivity contribution in [1.82, 2.24) is 0 Å². The molecule has 0 aliphatic heterocycles. The van der Waals surface area contributed by atoms with E-state index in [0.29, 0.717) is 5.88 Å². The molecule has 19 heavy (non-hydrogen) atoms. The fourth-order valence-electron chi connectivity index (χ4n) is 2.22. The summed E-state index contributed by atoms with van der Waals surface area (Å²) in [6, 6.07) is 15.3. The third-order valence-corrected chi connectivity index (χ3v) is 3.79. The lowest BCUT2D eigenvalue weighted by molar-refractivity contribution is 0.621. The molecule has 0 aromatic heterocycles. The predicted molar refractivity (Wildman–Crippen MR) is 79.4 cm³/mol. The van der Waals surface area contributed by atoms with Crippen LogP contribution in [0.3, 0.4) is 0 Å². The van der Waals surface area contributed by atoms with Crippen LogP contribution in [0.5, 0.6) is 0 Å². The lowest BCUT2D eigenvalue weighted by Gasteiger charge is -2.15. The molecule has 0 nitrogen and oxygen atoms in total. The maximum absolute atomic E-state index is 13.3. The van der Waals surface area contributed by atoms with Crippen LogP contribution in [0.15, 0.2) is 48.5 Å². The molecule has 0 fully saturated rings. The first-order valence-electron chi connectivity index (χ1n) is 6.62. The number of hydrogen-bond donors (Lipinski definition) is 0. The van der Waals surface area contributed by atoms with Crippen LogP contribution in [0.25, 0.3) is 0 Å². The summed E-state index contributed by atoms with van der Waals surface area (Å²) in [5, 5.41) is 0. The summed E-state index contributed by atoms with van der Waals surface area (Å²) in [6.07, 6.45) is 1.89. The zero-order valence-electron chi connectivity index (χ0n) is 11.1. The van der Waals surface area contributed by atoms with E-state index in [9.17, 15) is 4.39 Å². The van der Waals surface area contributed by atoms with Crippen molar-refractivity contribution in [1.29, 1.82) is 0 Å². The van der Waals surface area contributed by atoms with Crippen LogP contribution < -0.4 is 0 Å². The van der Waals surface area contributed by atoms with Crippen molar-refractivity contribution < 1.29 is 4.39 Å². The summed E-state index contributed by atoms with van der Waals surface area (Å²) in [5.41, 5.74) is 3.54. The summed E-state index contributed by atoms with van der Waals surface area (Å²) in [6.45, 7) is 2.14. The van der Waals surface area contributed by atoms with E-state index in [1.54, 1.807) is 12.1 Å². The topological polar surface area (TPSA) is 0 Å². The molecule has 2 aromatic rings. The van der Waals surface area contributed by atoms with Crippen molar-refractivity contribution in [3.05, 3.63) is 71.0 Å². The third-order valence-electron chi connectivity index (χ3n) is 3.42. The van der Waals surface area contributed by atoms with Crippen LogP contribution >= 0.6 is 11.6 Å². The molecule has 1 atom stereocenters. The molecule has 0 heterocycles. The lowest BCUT2D eigenvalue weighted by Crippen LogP contribution is -2.05. The summed E-state index contributed by atoms with van der Waals surface area (Å²) in [4.78, 5) is 0. The van der Waals surface area contributed by atoms with E-state index in [2.05, 4.69) is 31.2 Å². The molecular weight excluding hydrogens is 259 g/mol. The Morgan fingerprint density at radius 1 is 1.05 bits per heavy atom. The minimum Gasteiger partial charge on any atom is -0.207 e. The SMILES string of the molecule is CCc1ccc(CC(CCl)c2cccc(F)c2)cc1. The van der Waals surface area contributed by atoms with Gasteiger partial charge in [0, 0.05) is 11.8 Å². The standard InChI is InChI=1S/C17H18ClF/c1-2-13-6-8-14(9-7-13)10-16(12-18)15-4-3-5-17(19)11-15/h3-9,11,16H,2,10,12H2,1H3. The highest BCUT2D eigenvalue weighted by Crippen LogP contribution is 2.23. The fraction of sp³-hybridized carbons (Fsp3) is 0.294. The molecule has 100 valence electrons. The highest BCUT2D eigenvalue weighted by atomic mass is 35.5. The predicted octanol–water partition coefficient (Wildman–Crippen LogP) is 4.95. The Labute approximate surface area is 119 Å². The molecule has 0 radical (unpaired) electrons. The number of rotatable bonds is 5. The summed E-state index contributed by atoms with van der Waals surface area (Å²) < 4.78 is 13.3. The van der Waals surface area contributed by atoms with Gasteiger partial charge in [-0.1, -0.05) is 43.3 Å². The van der Waals surface area contributed by atoms with E-state index >= 15 is 0 Å². The van der Waals surface area contributed by atoms with Crippen LogP contribution in [0, 0.1) is 5.82 Å². The van der Waals surface area contributed by atoms with Crippen molar-refractivity contribution in [3.63, 3.8) is 0 Å². The van der Waals surface area contributed by atoms with Crippen molar-refractivity contribution in [2.75, 3.05) is 5.88 Å². The van der Waals surface area contributed by atoms with Crippen LogP contribution in [-0.4, -0.2) is 5.88 Å². The van der Waals surface area contributed by atoms with Gasteiger partial charge in [-0.3, -0.25) is 0 Å². The smallest absolute Gasteiger partial charge is 0.123 e. The van der Waals surface area contributed by atoms with Gasteiger partial charge in [0.1, 0.15) is 5.82 Å². The van der Waals surface area contributed by atoms with Crippen LogP contribution in [0.4, 0.5) is 4.39 Å². The summed E-state index contributed by atoms with van der Waals surface area (Å²) in [7, 11) is 0. The van der Waals surface area contributed by atoms with Gasteiger partial charge in [0.15, 0.2) is 0 Å². The molecule has 0 aliphatic carbocycles. The minimum atomic E-state index is -0.200. The molecule has 2 rings (SSSR count). The van der Waals surface area contributed by atoms with Gasteiger partial charge >= 0.3 is 0 Å². The van der Waals surface area contributed by atoms with E-state index in [0.717, 1.165) is 18.4 Å².